The third-order valence-corrected chi connectivity index (χ3v) is 6.90. The summed E-state index contributed by atoms with van der Waals surface area (Å²) < 4.78 is 25.7. The molecule has 0 radical (unpaired) electrons. The number of hydrogen-bond donors (Lipinski definition) is 0. The lowest BCUT2D eigenvalue weighted by molar-refractivity contribution is -0.123. The molecule has 0 unspecified atom stereocenters. The van der Waals surface area contributed by atoms with E-state index >= 15 is 0 Å². The van der Waals surface area contributed by atoms with Crippen LogP contribution in [0.5, 0.6) is 11.5 Å². The molecule has 0 aliphatic carbocycles. The Kier molecular flexibility index (Phi) is 8.13. The zero-order chi connectivity index (χ0) is 25.8. The highest BCUT2D eigenvalue weighted by atomic mass is 79.9. The minimum Gasteiger partial charge on any atom is -0.490 e. The van der Waals surface area contributed by atoms with E-state index in [0.717, 1.165) is 16.7 Å². The van der Waals surface area contributed by atoms with Crippen LogP contribution in [0.15, 0.2) is 70.0 Å². The van der Waals surface area contributed by atoms with Crippen LogP contribution in [0.3, 0.4) is 0 Å². The number of hydrogen-bond acceptors (Lipinski definition) is 6. The molecule has 36 heavy (non-hydrogen) atoms. The van der Waals surface area contributed by atoms with E-state index in [9.17, 15) is 18.8 Å². The van der Waals surface area contributed by atoms with Gasteiger partial charge in [-0.2, -0.15) is 0 Å². The van der Waals surface area contributed by atoms with Crippen LogP contribution in [0, 0.1) is 5.82 Å². The molecule has 184 valence electrons. The molecule has 1 saturated heterocycles. The number of carbonyl (C=O) groups excluding carboxylic acids is 3. The van der Waals surface area contributed by atoms with Crippen molar-refractivity contribution in [2.45, 2.75) is 13.5 Å². The van der Waals surface area contributed by atoms with Crippen molar-refractivity contribution in [1.29, 1.82) is 0 Å². The van der Waals surface area contributed by atoms with Gasteiger partial charge in [0.05, 0.1) is 33.1 Å². The van der Waals surface area contributed by atoms with Gasteiger partial charge in [0.15, 0.2) is 11.5 Å². The van der Waals surface area contributed by atoms with Crippen molar-refractivity contribution in [3.05, 3.63) is 97.6 Å². The van der Waals surface area contributed by atoms with E-state index in [2.05, 4.69) is 15.9 Å². The zero-order valence-electron chi connectivity index (χ0n) is 18.8. The Morgan fingerprint density at radius 1 is 1.14 bits per heavy atom. The molecule has 0 saturated carbocycles. The van der Waals surface area contributed by atoms with Crippen LogP contribution in [0.25, 0.3) is 6.08 Å². The molecule has 4 rings (SSSR count). The Bertz CT molecular complexity index is 1400. The topological polar surface area (TPSA) is 72.9 Å². The van der Waals surface area contributed by atoms with E-state index in [0.29, 0.717) is 10.0 Å². The third-order valence-electron chi connectivity index (χ3n) is 5.08. The lowest BCUT2D eigenvalue weighted by Gasteiger charge is -2.14. The lowest BCUT2D eigenvalue weighted by Crippen LogP contribution is -2.27. The van der Waals surface area contributed by atoms with Crippen LogP contribution < -0.4 is 9.47 Å². The summed E-state index contributed by atoms with van der Waals surface area (Å²) in [6.45, 7) is 1.89. The maximum Gasteiger partial charge on any atom is 0.345 e. The quantitative estimate of drug-likeness (QED) is 0.166. The van der Waals surface area contributed by atoms with E-state index in [1.807, 2.05) is 0 Å². The van der Waals surface area contributed by atoms with Gasteiger partial charge in [0.1, 0.15) is 5.82 Å². The van der Waals surface area contributed by atoms with Gasteiger partial charge < -0.3 is 9.47 Å². The number of amides is 2. The van der Waals surface area contributed by atoms with Crippen molar-refractivity contribution >= 4 is 62.5 Å². The summed E-state index contributed by atoms with van der Waals surface area (Å²) in [5.41, 5.74) is 0.965. The van der Waals surface area contributed by atoms with Gasteiger partial charge >= 0.3 is 5.97 Å². The van der Waals surface area contributed by atoms with Crippen molar-refractivity contribution < 1.29 is 28.2 Å². The van der Waals surface area contributed by atoms with Crippen molar-refractivity contribution in [2.75, 3.05) is 6.61 Å². The van der Waals surface area contributed by atoms with Gasteiger partial charge in [0.2, 0.25) is 0 Å². The number of thioether (sulfide) groups is 1. The van der Waals surface area contributed by atoms with Crippen molar-refractivity contribution in [2.24, 2.45) is 0 Å². The molecule has 1 aliphatic rings. The number of halogens is 3. The molecular formula is C26H18BrClFNO5S. The van der Waals surface area contributed by atoms with Crippen LogP contribution >= 0.6 is 39.3 Å². The maximum absolute atomic E-state index is 14.0. The van der Waals surface area contributed by atoms with Crippen LogP contribution in [-0.2, 0) is 11.3 Å². The Morgan fingerprint density at radius 3 is 2.58 bits per heavy atom. The standard InChI is InChI=1S/C26H18BrClFNO5S/c1-2-34-21-12-15(11-18(27)23(21)35-25(32)17-8-4-5-9-19(17)28)13-22-24(31)30(26(33)36-22)14-16-7-3-6-10-20(16)29/h3-13H,2,14H2,1H3/b22-13-. The van der Waals surface area contributed by atoms with Gasteiger partial charge in [0.25, 0.3) is 11.1 Å². The number of imide groups is 1. The molecule has 1 fully saturated rings. The molecule has 1 aliphatic heterocycles. The molecule has 0 atom stereocenters. The summed E-state index contributed by atoms with van der Waals surface area (Å²) in [4.78, 5) is 39.2. The van der Waals surface area contributed by atoms with Gasteiger partial charge in [-0.1, -0.05) is 41.9 Å². The third kappa shape index (κ3) is 5.64. The van der Waals surface area contributed by atoms with Crippen molar-refractivity contribution in [3.8, 4) is 11.5 Å². The molecule has 6 nitrogen and oxygen atoms in total. The average Bonchev–Trinajstić information content (AvgIpc) is 3.10. The first-order chi connectivity index (χ1) is 17.3. The van der Waals surface area contributed by atoms with E-state index < -0.39 is 22.9 Å². The number of rotatable bonds is 7. The molecule has 0 bridgehead atoms. The SMILES string of the molecule is CCOc1cc(/C=C2\SC(=O)N(Cc3ccccc3F)C2=O)cc(Br)c1OC(=O)c1ccccc1Cl. The number of esters is 1. The molecule has 0 spiro atoms. The number of benzene rings is 3. The number of ether oxygens (including phenoxy) is 2. The highest BCUT2D eigenvalue weighted by molar-refractivity contribution is 9.10. The average molecular weight is 591 g/mol. The maximum atomic E-state index is 14.0. The number of nitrogens with zero attached hydrogens (tertiary/aromatic N) is 1. The first-order valence-corrected chi connectivity index (χ1v) is 12.7. The van der Waals surface area contributed by atoms with Crippen LogP contribution in [0.1, 0.15) is 28.4 Å². The van der Waals surface area contributed by atoms with Crippen LogP contribution in [0.2, 0.25) is 5.02 Å². The molecule has 1 heterocycles. The van der Waals surface area contributed by atoms with E-state index in [4.69, 9.17) is 21.1 Å². The molecule has 0 aromatic heterocycles. The second-order valence-electron chi connectivity index (χ2n) is 7.49. The fraction of sp³-hybridized carbons (Fsp3) is 0.115. The van der Waals surface area contributed by atoms with Gasteiger partial charge in [0, 0.05) is 5.56 Å². The Balaban J connectivity index is 1.60. The minimum absolute atomic E-state index is 0.145. The molecule has 10 heteroatoms. The Hall–Kier alpha value is -3.14. The van der Waals surface area contributed by atoms with E-state index in [1.165, 1.54) is 24.3 Å². The predicted octanol–water partition coefficient (Wildman–Crippen LogP) is 7.10. The normalized spacial score (nSPS) is 14.4. The second-order valence-corrected chi connectivity index (χ2v) is 9.75. The molecule has 2 amide bonds. The first kappa shape index (κ1) is 25.9. The summed E-state index contributed by atoms with van der Waals surface area (Å²) in [5.74, 6) is -1.29. The number of carbonyl (C=O) groups is 3. The van der Waals surface area contributed by atoms with Crippen molar-refractivity contribution in [1.82, 2.24) is 4.90 Å². The van der Waals surface area contributed by atoms with Gasteiger partial charge in [-0.15, -0.1) is 0 Å². The fourth-order valence-electron chi connectivity index (χ4n) is 3.39. The summed E-state index contributed by atoms with van der Waals surface area (Å²) >= 11 is 10.3. The molecule has 0 N–H and O–H groups in total. The smallest absolute Gasteiger partial charge is 0.345 e. The lowest BCUT2D eigenvalue weighted by atomic mass is 10.1. The van der Waals surface area contributed by atoms with Gasteiger partial charge in [-0.05, 0) is 76.6 Å². The largest absolute Gasteiger partial charge is 0.490 e. The first-order valence-electron chi connectivity index (χ1n) is 10.7. The summed E-state index contributed by atoms with van der Waals surface area (Å²) in [6, 6.07) is 15.7. The Morgan fingerprint density at radius 2 is 1.86 bits per heavy atom. The molecule has 3 aromatic rings. The van der Waals surface area contributed by atoms with E-state index in [1.54, 1.807) is 49.4 Å². The Labute approximate surface area is 224 Å². The van der Waals surface area contributed by atoms with Gasteiger partial charge in [-0.25, -0.2) is 9.18 Å². The van der Waals surface area contributed by atoms with Crippen LogP contribution in [-0.4, -0.2) is 28.6 Å². The van der Waals surface area contributed by atoms with E-state index in [-0.39, 0.29) is 45.7 Å². The highest BCUT2D eigenvalue weighted by Gasteiger charge is 2.35. The minimum atomic E-state index is -0.663. The van der Waals surface area contributed by atoms with Crippen LogP contribution in [0.4, 0.5) is 9.18 Å². The summed E-state index contributed by atoms with van der Waals surface area (Å²) in [6.07, 6.45) is 1.53. The fourth-order valence-corrected chi connectivity index (χ4v) is 4.98. The van der Waals surface area contributed by atoms with Crippen molar-refractivity contribution in [3.63, 3.8) is 0 Å². The molecular weight excluding hydrogens is 573 g/mol. The second kappa shape index (κ2) is 11.3. The zero-order valence-corrected chi connectivity index (χ0v) is 22.0. The summed E-state index contributed by atoms with van der Waals surface area (Å²) in [7, 11) is 0. The monoisotopic (exact) mass is 589 g/mol. The summed E-state index contributed by atoms with van der Waals surface area (Å²) in [5, 5.41) is -0.247. The highest BCUT2D eigenvalue weighted by Crippen LogP contribution is 2.40. The molecule has 3 aromatic carbocycles. The van der Waals surface area contributed by atoms with Gasteiger partial charge in [-0.3, -0.25) is 14.5 Å². The predicted molar refractivity (Wildman–Crippen MR) is 140 cm³/mol.